The normalized spacial score (nSPS) is 11.0. The van der Waals surface area contributed by atoms with Crippen LogP contribution in [0.2, 0.25) is 0 Å². The Morgan fingerprint density at radius 1 is 1.21 bits per heavy atom. The van der Waals surface area contributed by atoms with Crippen molar-refractivity contribution in [2.24, 2.45) is 0 Å². The molecule has 0 bridgehead atoms. The van der Waals surface area contributed by atoms with Crippen molar-refractivity contribution in [3.05, 3.63) is 52.5 Å². The topological polar surface area (TPSA) is 50.4 Å². The van der Waals surface area contributed by atoms with Crippen molar-refractivity contribution < 1.29 is 22.7 Å². The minimum atomic E-state index is -4.48. The van der Waals surface area contributed by atoms with E-state index in [9.17, 15) is 18.0 Å². The second-order valence-corrected chi connectivity index (χ2v) is 5.65. The molecule has 4 nitrogen and oxygen atoms in total. The van der Waals surface area contributed by atoms with Crippen LogP contribution in [0.15, 0.2) is 46.9 Å². The van der Waals surface area contributed by atoms with Gasteiger partial charge in [-0.25, -0.2) is 0 Å². The summed E-state index contributed by atoms with van der Waals surface area (Å²) in [5, 5.41) is 5.30. The number of amides is 1. The maximum atomic E-state index is 12.8. The van der Waals surface area contributed by atoms with Gasteiger partial charge in [0.1, 0.15) is 5.75 Å². The number of anilines is 2. The molecule has 0 atom stereocenters. The Labute approximate surface area is 145 Å². The van der Waals surface area contributed by atoms with Gasteiger partial charge in [-0.2, -0.15) is 13.2 Å². The molecule has 24 heavy (non-hydrogen) atoms. The molecule has 2 aromatic carbocycles. The van der Waals surface area contributed by atoms with Crippen LogP contribution < -0.4 is 15.4 Å². The molecule has 0 saturated carbocycles. The van der Waals surface area contributed by atoms with Gasteiger partial charge in [-0.1, -0.05) is 28.1 Å². The van der Waals surface area contributed by atoms with Crippen LogP contribution in [0.25, 0.3) is 0 Å². The minimum absolute atomic E-state index is 0.0565. The number of carbonyl (C=O) groups excluding carboxylic acids is 1. The molecule has 2 rings (SSSR count). The average Bonchev–Trinajstić information content (AvgIpc) is 2.53. The summed E-state index contributed by atoms with van der Waals surface area (Å²) < 4.78 is 43.6. The molecule has 0 unspecified atom stereocenters. The van der Waals surface area contributed by atoms with Crippen molar-refractivity contribution in [1.82, 2.24) is 0 Å². The van der Waals surface area contributed by atoms with E-state index in [-0.39, 0.29) is 16.7 Å². The number of ether oxygens (including phenoxy) is 1. The van der Waals surface area contributed by atoms with Crippen LogP contribution in [0.1, 0.15) is 5.56 Å². The first-order valence-electron chi connectivity index (χ1n) is 6.84. The van der Waals surface area contributed by atoms with Crippen molar-refractivity contribution in [1.29, 1.82) is 0 Å². The zero-order valence-corrected chi connectivity index (χ0v) is 14.2. The molecule has 0 aromatic heterocycles. The largest absolute Gasteiger partial charge is 0.495 e. The molecule has 0 saturated heterocycles. The highest BCUT2D eigenvalue weighted by molar-refractivity contribution is 9.10. The first kappa shape index (κ1) is 18.1. The number of rotatable bonds is 5. The van der Waals surface area contributed by atoms with E-state index in [2.05, 4.69) is 26.6 Å². The van der Waals surface area contributed by atoms with Crippen LogP contribution >= 0.6 is 15.9 Å². The molecule has 0 aliphatic carbocycles. The van der Waals surface area contributed by atoms with Gasteiger partial charge in [0.05, 0.1) is 24.9 Å². The number of halogens is 4. The Hall–Kier alpha value is -2.22. The molecular weight excluding hydrogens is 389 g/mol. The lowest BCUT2D eigenvalue weighted by molar-refractivity contribution is -0.138. The van der Waals surface area contributed by atoms with E-state index < -0.39 is 17.6 Å². The van der Waals surface area contributed by atoms with Crippen molar-refractivity contribution in [2.45, 2.75) is 6.18 Å². The van der Waals surface area contributed by atoms with E-state index in [4.69, 9.17) is 4.74 Å². The molecule has 2 aromatic rings. The van der Waals surface area contributed by atoms with Gasteiger partial charge in [0.15, 0.2) is 0 Å². The van der Waals surface area contributed by atoms with Gasteiger partial charge in [-0.15, -0.1) is 0 Å². The smallest absolute Gasteiger partial charge is 0.417 e. The number of para-hydroxylation sites is 2. The fourth-order valence-electron chi connectivity index (χ4n) is 1.98. The zero-order chi connectivity index (χ0) is 17.7. The van der Waals surface area contributed by atoms with E-state index in [0.29, 0.717) is 11.4 Å². The number of alkyl halides is 3. The Bertz CT molecular complexity index is 736. The number of methoxy groups -OCH3 is 1. The van der Waals surface area contributed by atoms with E-state index in [0.717, 1.165) is 6.07 Å². The van der Waals surface area contributed by atoms with Crippen molar-refractivity contribution in [2.75, 3.05) is 24.3 Å². The van der Waals surface area contributed by atoms with Crippen LogP contribution in [-0.2, 0) is 11.0 Å². The van der Waals surface area contributed by atoms with Crippen LogP contribution in [0.3, 0.4) is 0 Å². The van der Waals surface area contributed by atoms with E-state index in [1.807, 2.05) is 0 Å². The Morgan fingerprint density at radius 3 is 2.58 bits per heavy atom. The summed E-state index contributed by atoms with van der Waals surface area (Å²) in [6, 6.07) is 10.5. The average molecular weight is 403 g/mol. The number of hydrogen-bond acceptors (Lipinski definition) is 3. The molecule has 0 spiro atoms. The van der Waals surface area contributed by atoms with E-state index >= 15 is 0 Å². The first-order valence-corrected chi connectivity index (χ1v) is 7.64. The van der Waals surface area contributed by atoms with Crippen LogP contribution in [-0.4, -0.2) is 19.6 Å². The maximum absolute atomic E-state index is 12.8. The molecule has 128 valence electrons. The molecule has 0 radical (unpaired) electrons. The SMILES string of the molecule is COc1ccccc1NC(=O)CNc1ccc(Br)c(C(F)(F)F)c1. The number of carbonyl (C=O) groups is 1. The van der Waals surface area contributed by atoms with Crippen LogP contribution in [0.5, 0.6) is 5.75 Å². The Morgan fingerprint density at radius 2 is 1.92 bits per heavy atom. The highest BCUT2D eigenvalue weighted by Crippen LogP contribution is 2.36. The Balaban J connectivity index is 2.02. The fourth-order valence-corrected chi connectivity index (χ4v) is 2.45. The maximum Gasteiger partial charge on any atom is 0.417 e. The number of benzene rings is 2. The first-order chi connectivity index (χ1) is 11.3. The van der Waals surface area contributed by atoms with Gasteiger partial charge in [0.25, 0.3) is 0 Å². The summed E-state index contributed by atoms with van der Waals surface area (Å²) >= 11 is 2.87. The van der Waals surface area contributed by atoms with Gasteiger partial charge in [-0.3, -0.25) is 4.79 Å². The number of nitrogens with one attached hydrogen (secondary N) is 2. The van der Waals surface area contributed by atoms with Crippen molar-refractivity contribution >= 4 is 33.2 Å². The number of hydrogen-bond donors (Lipinski definition) is 2. The lowest BCUT2D eigenvalue weighted by Gasteiger charge is -2.13. The molecular formula is C16H14BrF3N2O2. The van der Waals surface area contributed by atoms with Gasteiger partial charge in [0, 0.05) is 10.2 Å². The predicted molar refractivity (Wildman–Crippen MR) is 89.3 cm³/mol. The zero-order valence-electron chi connectivity index (χ0n) is 12.6. The van der Waals surface area contributed by atoms with Crippen LogP contribution in [0, 0.1) is 0 Å². The van der Waals surface area contributed by atoms with Crippen molar-refractivity contribution in [3.63, 3.8) is 0 Å². The predicted octanol–water partition coefficient (Wildman–Crippen LogP) is 4.53. The summed E-state index contributed by atoms with van der Waals surface area (Å²) in [6.45, 7) is -0.184. The summed E-state index contributed by atoms with van der Waals surface area (Å²) in [7, 11) is 1.48. The van der Waals surface area contributed by atoms with Crippen molar-refractivity contribution in [3.8, 4) is 5.75 Å². The third-order valence-corrected chi connectivity index (χ3v) is 3.80. The lowest BCUT2D eigenvalue weighted by atomic mass is 10.2. The molecule has 0 heterocycles. The van der Waals surface area contributed by atoms with Gasteiger partial charge in [0.2, 0.25) is 5.91 Å². The Kier molecular flexibility index (Phi) is 5.71. The summed E-state index contributed by atoms with van der Waals surface area (Å²) in [4.78, 5) is 11.9. The third kappa shape index (κ3) is 4.64. The van der Waals surface area contributed by atoms with E-state index in [1.165, 1.54) is 19.2 Å². The molecule has 0 aliphatic heterocycles. The summed E-state index contributed by atoms with van der Waals surface area (Å²) in [6.07, 6.45) is -4.48. The lowest BCUT2D eigenvalue weighted by Crippen LogP contribution is -2.22. The fraction of sp³-hybridized carbons (Fsp3) is 0.188. The van der Waals surface area contributed by atoms with Gasteiger partial charge in [-0.05, 0) is 30.3 Å². The van der Waals surface area contributed by atoms with Gasteiger partial charge >= 0.3 is 6.18 Å². The second-order valence-electron chi connectivity index (χ2n) is 4.79. The minimum Gasteiger partial charge on any atom is -0.495 e. The molecule has 0 aliphatic rings. The standard InChI is InChI=1S/C16H14BrF3N2O2/c1-24-14-5-3-2-4-13(14)22-15(23)9-21-10-6-7-12(17)11(8-10)16(18,19)20/h2-8,21H,9H2,1H3,(H,22,23). The summed E-state index contributed by atoms with van der Waals surface area (Å²) in [5.41, 5.74) is -0.128. The molecule has 0 fully saturated rings. The molecule has 2 N–H and O–H groups in total. The monoisotopic (exact) mass is 402 g/mol. The third-order valence-electron chi connectivity index (χ3n) is 3.11. The summed E-state index contributed by atoms with van der Waals surface area (Å²) in [5.74, 6) is 0.0878. The molecule has 8 heteroatoms. The van der Waals surface area contributed by atoms with Crippen LogP contribution in [0.4, 0.5) is 24.5 Å². The molecule has 1 amide bonds. The van der Waals surface area contributed by atoms with E-state index in [1.54, 1.807) is 24.3 Å². The highest BCUT2D eigenvalue weighted by atomic mass is 79.9. The quantitative estimate of drug-likeness (QED) is 0.772. The second kappa shape index (κ2) is 7.57. The van der Waals surface area contributed by atoms with Gasteiger partial charge < -0.3 is 15.4 Å². The highest BCUT2D eigenvalue weighted by Gasteiger charge is 2.33.